The highest BCUT2D eigenvalue weighted by molar-refractivity contribution is 5.85. The number of amides is 1. The lowest BCUT2D eigenvalue weighted by Gasteiger charge is -2.36. The van der Waals surface area contributed by atoms with E-state index >= 15 is 0 Å². The Hall–Kier alpha value is -2.44. The van der Waals surface area contributed by atoms with Crippen LogP contribution in [0.1, 0.15) is 25.3 Å². The second-order valence-corrected chi connectivity index (χ2v) is 8.21. The number of rotatable bonds is 7. The first-order valence-electron chi connectivity index (χ1n) is 10.5. The molecule has 4 rings (SSSR count). The highest BCUT2D eigenvalue weighted by Crippen LogP contribution is 2.28. The van der Waals surface area contributed by atoms with E-state index < -0.39 is 12.0 Å². The van der Waals surface area contributed by atoms with Gasteiger partial charge in [0, 0.05) is 38.8 Å². The Bertz CT molecular complexity index is 883. The van der Waals surface area contributed by atoms with Crippen LogP contribution in [0, 0.1) is 0 Å². The van der Waals surface area contributed by atoms with Crippen molar-refractivity contribution in [3.63, 3.8) is 0 Å². The third kappa shape index (κ3) is 4.60. The molecule has 1 aliphatic heterocycles. The van der Waals surface area contributed by atoms with Crippen molar-refractivity contribution < 1.29 is 14.7 Å². The number of carboxylic acid groups (broad SMARTS) is 1. The second kappa shape index (κ2) is 8.51. The average Bonchev–Trinajstić information content (AvgIpc) is 3.57. The van der Waals surface area contributed by atoms with Crippen LogP contribution in [0.25, 0.3) is 10.8 Å². The lowest BCUT2D eigenvalue weighted by molar-refractivity contribution is -0.144. The fourth-order valence-corrected chi connectivity index (χ4v) is 4.21. The number of benzene rings is 2. The molecule has 1 saturated heterocycles. The Balaban J connectivity index is 1.33. The van der Waals surface area contributed by atoms with Crippen molar-refractivity contribution in [3.05, 3.63) is 48.0 Å². The molecule has 1 aliphatic carbocycles. The summed E-state index contributed by atoms with van der Waals surface area (Å²) in [5.74, 6) is -0.806. The summed E-state index contributed by atoms with van der Waals surface area (Å²) >= 11 is 0. The molecule has 1 N–H and O–H groups in total. The molecule has 0 spiro atoms. The topological polar surface area (TPSA) is 64.1 Å². The summed E-state index contributed by atoms with van der Waals surface area (Å²) in [5.41, 5.74) is 1.32. The number of carbonyl (C=O) groups excluding carboxylic acids is 1. The summed E-state index contributed by atoms with van der Waals surface area (Å²) in [6, 6.07) is 14.5. The lowest BCUT2D eigenvalue weighted by atomic mass is 10.0. The maximum Gasteiger partial charge on any atom is 0.320 e. The molecule has 29 heavy (non-hydrogen) atoms. The minimum atomic E-state index is -0.857. The van der Waals surface area contributed by atoms with Crippen LogP contribution in [-0.4, -0.2) is 76.5 Å². The molecule has 1 unspecified atom stereocenters. The summed E-state index contributed by atoms with van der Waals surface area (Å²) in [7, 11) is 0. The second-order valence-electron chi connectivity index (χ2n) is 8.21. The summed E-state index contributed by atoms with van der Waals surface area (Å²) in [4.78, 5) is 30.3. The van der Waals surface area contributed by atoms with Gasteiger partial charge in [0.2, 0.25) is 5.91 Å². The maximum atomic E-state index is 12.8. The van der Waals surface area contributed by atoms with Crippen molar-refractivity contribution >= 4 is 22.6 Å². The molecule has 0 aromatic heterocycles. The molecule has 1 saturated carbocycles. The van der Waals surface area contributed by atoms with Crippen molar-refractivity contribution in [3.8, 4) is 0 Å². The predicted molar refractivity (Wildman–Crippen MR) is 113 cm³/mol. The number of hydrogen-bond donors (Lipinski definition) is 1. The first kappa shape index (κ1) is 19.9. The fourth-order valence-electron chi connectivity index (χ4n) is 4.21. The zero-order valence-electron chi connectivity index (χ0n) is 17.0. The van der Waals surface area contributed by atoms with Gasteiger partial charge in [-0.05, 0) is 36.1 Å². The van der Waals surface area contributed by atoms with Gasteiger partial charge < -0.3 is 10.0 Å². The average molecular weight is 396 g/mol. The standard InChI is InChI=1S/C23H29N3O3/c1-17(23(28)29)26(20-9-10-20)16-22(27)25-13-11-24(12-14-25)15-19-7-4-6-18-5-2-3-8-21(18)19/h2-8,17,20H,9-16H2,1H3,(H,28,29). The first-order valence-corrected chi connectivity index (χ1v) is 10.5. The number of carbonyl (C=O) groups is 2. The number of piperazine rings is 1. The molecule has 1 heterocycles. The van der Waals surface area contributed by atoms with E-state index in [0.717, 1.165) is 32.5 Å². The third-order valence-electron chi connectivity index (χ3n) is 6.19. The summed E-state index contributed by atoms with van der Waals surface area (Å²) in [6.45, 7) is 5.85. The molecule has 2 aromatic rings. The highest BCUT2D eigenvalue weighted by atomic mass is 16.4. The molecule has 6 nitrogen and oxygen atoms in total. The van der Waals surface area contributed by atoms with E-state index in [0.29, 0.717) is 13.1 Å². The minimum Gasteiger partial charge on any atom is -0.480 e. The van der Waals surface area contributed by atoms with Crippen molar-refractivity contribution in [2.24, 2.45) is 0 Å². The van der Waals surface area contributed by atoms with Gasteiger partial charge in [0.25, 0.3) is 0 Å². The molecule has 6 heteroatoms. The number of carboxylic acids is 1. The Morgan fingerprint density at radius 1 is 1.07 bits per heavy atom. The van der Waals surface area contributed by atoms with E-state index in [1.54, 1.807) is 6.92 Å². The lowest BCUT2D eigenvalue weighted by Crippen LogP contribution is -2.53. The van der Waals surface area contributed by atoms with Gasteiger partial charge in [-0.25, -0.2) is 0 Å². The maximum absolute atomic E-state index is 12.8. The zero-order chi connectivity index (χ0) is 20.4. The van der Waals surface area contributed by atoms with Gasteiger partial charge in [-0.15, -0.1) is 0 Å². The smallest absolute Gasteiger partial charge is 0.320 e. The van der Waals surface area contributed by atoms with Crippen LogP contribution >= 0.6 is 0 Å². The monoisotopic (exact) mass is 395 g/mol. The summed E-state index contributed by atoms with van der Waals surface area (Å²) < 4.78 is 0. The Kier molecular flexibility index (Phi) is 5.83. The van der Waals surface area contributed by atoms with E-state index in [9.17, 15) is 14.7 Å². The van der Waals surface area contributed by atoms with Crippen LogP contribution in [0.5, 0.6) is 0 Å². The highest BCUT2D eigenvalue weighted by Gasteiger charge is 2.37. The van der Waals surface area contributed by atoms with E-state index in [2.05, 4.69) is 47.4 Å². The van der Waals surface area contributed by atoms with Gasteiger partial charge in [0.05, 0.1) is 6.54 Å². The van der Waals surface area contributed by atoms with Crippen LogP contribution in [0.4, 0.5) is 0 Å². The molecule has 2 aliphatic rings. The van der Waals surface area contributed by atoms with Gasteiger partial charge in [0.15, 0.2) is 0 Å². The van der Waals surface area contributed by atoms with Crippen molar-refractivity contribution in [2.75, 3.05) is 32.7 Å². The molecule has 1 atom stereocenters. The molecular formula is C23H29N3O3. The minimum absolute atomic E-state index is 0.0508. The Morgan fingerprint density at radius 3 is 2.45 bits per heavy atom. The summed E-state index contributed by atoms with van der Waals surface area (Å²) in [6.07, 6.45) is 1.98. The first-order chi connectivity index (χ1) is 14.0. The number of aliphatic carboxylic acids is 1. The van der Waals surface area contributed by atoms with Crippen molar-refractivity contribution in [2.45, 2.75) is 38.4 Å². The molecule has 154 valence electrons. The van der Waals surface area contributed by atoms with E-state index in [4.69, 9.17) is 0 Å². The normalized spacial score (nSPS) is 18.9. The van der Waals surface area contributed by atoms with Crippen LogP contribution < -0.4 is 0 Å². The predicted octanol–water partition coefficient (Wildman–Crippen LogP) is 2.42. The Morgan fingerprint density at radius 2 is 1.76 bits per heavy atom. The van der Waals surface area contributed by atoms with Crippen LogP contribution in [-0.2, 0) is 16.1 Å². The van der Waals surface area contributed by atoms with E-state index in [1.165, 1.54) is 16.3 Å². The largest absolute Gasteiger partial charge is 0.480 e. The van der Waals surface area contributed by atoms with Gasteiger partial charge in [-0.1, -0.05) is 42.5 Å². The third-order valence-corrected chi connectivity index (χ3v) is 6.19. The molecule has 2 aromatic carbocycles. The zero-order valence-corrected chi connectivity index (χ0v) is 17.0. The molecule has 1 amide bonds. The van der Waals surface area contributed by atoms with Gasteiger partial charge in [-0.2, -0.15) is 0 Å². The molecular weight excluding hydrogens is 366 g/mol. The van der Waals surface area contributed by atoms with E-state index in [1.807, 2.05) is 9.80 Å². The number of fused-ring (bicyclic) bond motifs is 1. The van der Waals surface area contributed by atoms with Crippen LogP contribution in [0.3, 0.4) is 0 Å². The van der Waals surface area contributed by atoms with Crippen LogP contribution in [0.15, 0.2) is 42.5 Å². The molecule has 0 radical (unpaired) electrons. The quantitative estimate of drug-likeness (QED) is 0.780. The number of hydrogen-bond acceptors (Lipinski definition) is 4. The fraction of sp³-hybridized carbons (Fsp3) is 0.478. The van der Waals surface area contributed by atoms with Gasteiger partial charge in [0.1, 0.15) is 6.04 Å². The van der Waals surface area contributed by atoms with Crippen molar-refractivity contribution in [1.29, 1.82) is 0 Å². The molecule has 2 fully saturated rings. The van der Waals surface area contributed by atoms with E-state index in [-0.39, 0.29) is 18.5 Å². The van der Waals surface area contributed by atoms with Gasteiger partial charge >= 0.3 is 5.97 Å². The van der Waals surface area contributed by atoms with Crippen molar-refractivity contribution in [1.82, 2.24) is 14.7 Å². The molecule has 0 bridgehead atoms. The van der Waals surface area contributed by atoms with Gasteiger partial charge in [-0.3, -0.25) is 19.4 Å². The number of nitrogens with zero attached hydrogens (tertiary/aromatic N) is 3. The SMILES string of the molecule is CC(C(=O)O)N(CC(=O)N1CCN(Cc2cccc3ccccc23)CC1)C1CC1. The van der Waals surface area contributed by atoms with Crippen LogP contribution in [0.2, 0.25) is 0 Å². The Labute approximate surface area is 171 Å². The summed E-state index contributed by atoms with van der Waals surface area (Å²) in [5, 5.41) is 11.9.